The van der Waals surface area contributed by atoms with Crippen LogP contribution >= 0.6 is 23.4 Å². The fourth-order valence-corrected chi connectivity index (χ4v) is 5.80. The van der Waals surface area contributed by atoms with E-state index in [1.54, 1.807) is 18.0 Å². The normalized spacial score (nSPS) is 21.6. The molecule has 0 amide bonds. The van der Waals surface area contributed by atoms with Crippen molar-refractivity contribution in [2.75, 3.05) is 18.0 Å². The van der Waals surface area contributed by atoms with E-state index >= 15 is 0 Å². The van der Waals surface area contributed by atoms with Gasteiger partial charge in [-0.2, -0.15) is 0 Å². The first-order valence-corrected chi connectivity index (χ1v) is 11.0. The van der Waals surface area contributed by atoms with Crippen molar-refractivity contribution >= 4 is 35.0 Å². The lowest BCUT2D eigenvalue weighted by molar-refractivity contribution is 0.197. The van der Waals surface area contributed by atoms with Crippen molar-refractivity contribution in [3.8, 4) is 0 Å². The third kappa shape index (κ3) is 3.06. The van der Waals surface area contributed by atoms with E-state index < -0.39 is 0 Å². The molecule has 1 aliphatic carbocycles. The number of nitrogens with zero attached hydrogens (tertiary/aromatic N) is 5. The minimum atomic E-state index is 0.345. The van der Waals surface area contributed by atoms with Crippen LogP contribution in [0.3, 0.4) is 0 Å². The molecule has 1 saturated heterocycles. The van der Waals surface area contributed by atoms with Crippen molar-refractivity contribution < 1.29 is 0 Å². The van der Waals surface area contributed by atoms with E-state index in [-0.39, 0.29) is 0 Å². The fourth-order valence-electron chi connectivity index (χ4n) is 4.69. The zero-order valence-corrected chi connectivity index (χ0v) is 17.2. The summed E-state index contributed by atoms with van der Waals surface area (Å²) in [5.74, 6) is 0.954. The molecule has 3 aromatic heterocycles. The smallest absolute Gasteiger partial charge is 0.211 e. The Labute approximate surface area is 173 Å². The molecule has 1 aliphatic heterocycles. The van der Waals surface area contributed by atoms with Gasteiger partial charge >= 0.3 is 0 Å². The van der Waals surface area contributed by atoms with Crippen molar-refractivity contribution in [3.05, 3.63) is 42.1 Å². The Kier molecular flexibility index (Phi) is 4.69. The van der Waals surface area contributed by atoms with Crippen LogP contribution in [0.4, 0.5) is 5.95 Å². The standard InChI is InChI=1S/C20H23ClN6S/c21-17-14(3-2-8-23-17)28-15-13-25-19(27-12-9-24-18(15)27)26-10-6-20(7-11-26)5-1-4-16(20)22/h2-3,8-9,12-13,16H,1,4-7,10-11,22H2/t16-/m1/s1. The zero-order chi connectivity index (χ0) is 19.1. The van der Waals surface area contributed by atoms with Crippen molar-refractivity contribution in [2.45, 2.75) is 47.9 Å². The van der Waals surface area contributed by atoms with E-state index in [0.29, 0.717) is 16.6 Å². The lowest BCUT2D eigenvalue weighted by Crippen LogP contribution is -2.47. The molecule has 0 unspecified atom stereocenters. The molecule has 2 fully saturated rings. The summed E-state index contributed by atoms with van der Waals surface area (Å²) >= 11 is 7.77. The fraction of sp³-hybridized carbons (Fsp3) is 0.450. The molecule has 0 radical (unpaired) electrons. The molecular formula is C20H23ClN6S. The van der Waals surface area contributed by atoms with Gasteiger partial charge in [0.2, 0.25) is 5.95 Å². The number of nitrogens with two attached hydrogens (primary N) is 1. The molecule has 4 heterocycles. The van der Waals surface area contributed by atoms with Crippen LogP contribution in [0.2, 0.25) is 5.15 Å². The van der Waals surface area contributed by atoms with Crippen LogP contribution in [0.1, 0.15) is 32.1 Å². The van der Waals surface area contributed by atoms with Crippen LogP contribution in [-0.4, -0.2) is 38.5 Å². The minimum absolute atomic E-state index is 0.345. The molecule has 8 heteroatoms. The predicted molar refractivity (Wildman–Crippen MR) is 112 cm³/mol. The highest BCUT2D eigenvalue weighted by atomic mass is 35.5. The van der Waals surface area contributed by atoms with Crippen LogP contribution in [-0.2, 0) is 0 Å². The molecule has 1 atom stereocenters. The van der Waals surface area contributed by atoms with Crippen LogP contribution in [0, 0.1) is 5.41 Å². The van der Waals surface area contributed by atoms with Gasteiger partial charge in [-0.3, -0.25) is 4.40 Å². The van der Waals surface area contributed by atoms with Crippen LogP contribution < -0.4 is 10.6 Å². The first-order chi connectivity index (χ1) is 13.7. The Morgan fingerprint density at radius 2 is 1.96 bits per heavy atom. The highest BCUT2D eigenvalue weighted by molar-refractivity contribution is 7.99. The molecule has 3 aromatic rings. The van der Waals surface area contributed by atoms with Gasteiger partial charge in [-0.25, -0.2) is 15.0 Å². The quantitative estimate of drug-likeness (QED) is 0.652. The number of pyridine rings is 1. The number of anilines is 1. The highest BCUT2D eigenvalue weighted by Gasteiger charge is 2.43. The number of fused-ring (bicyclic) bond motifs is 1. The van der Waals surface area contributed by atoms with Gasteiger partial charge in [0.15, 0.2) is 5.65 Å². The number of hydrogen-bond acceptors (Lipinski definition) is 6. The average molecular weight is 415 g/mol. The highest BCUT2D eigenvalue weighted by Crippen LogP contribution is 2.46. The third-order valence-electron chi connectivity index (χ3n) is 6.34. The summed E-state index contributed by atoms with van der Waals surface area (Å²) in [6.45, 7) is 1.99. The van der Waals surface area contributed by atoms with Crippen LogP contribution in [0.5, 0.6) is 0 Å². The number of hydrogen-bond donors (Lipinski definition) is 1. The maximum atomic E-state index is 6.44. The van der Waals surface area contributed by atoms with Crippen molar-refractivity contribution in [3.63, 3.8) is 0 Å². The van der Waals surface area contributed by atoms with Crippen LogP contribution in [0.25, 0.3) is 5.65 Å². The predicted octanol–water partition coefficient (Wildman–Crippen LogP) is 4.03. The molecule has 1 saturated carbocycles. The van der Waals surface area contributed by atoms with E-state index in [0.717, 1.165) is 47.3 Å². The van der Waals surface area contributed by atoms with Crippen molar-refractivity contribution in [1.29, 1.82) is 0 Å². The Morgan fingerprint density at radius 1 is 1.11 bits per heavy atom. The maximum Gasteiger partial charge on any atom is 0.211 e. The number of rotatable bonds is 3. The number of aromatic nitrogens is 4. The monoisotopic (exact) mass is 414 g/mol. The summed E-state index contributed by atoms with van der Waals surface area (Å²) in [6.07, 6.45) is 13.4. The molecule has 2 N–H and O–H groups in total. The Bertz CT molecular complexity index is 997. The van der Waals surface area contributed by atoms with Gasteiger partial charge in [0.05, 0.1) is 4.90 Å². The van der Waals surface area contributed by atoms with E-state index in [2.05, 4.69) is 19.3 Å². The van der Waals surface area contributed by atoms with E-state index in [4.69, 9.17) is 22.3 Å². The summed E-state index contributed by atoms with van der Waals surface area (Å²) in [4.78, 5) is 17.8. The van der Waals surface area contributed by atoms with Gasteiger partial charge in [-0.15, -0.1) is 0 Å². The third-order valence-corrected chi connectivity index (χ3v) is 7.81. The molecule has 0 bridgehead atoms. The number of halogens is 1. The largest absolute Gasteiger partial charge is 0.342 e. The van der Waals surface area contributed by atoms with Gasteiger partial charge < -0.3 is 10.6 Å². The molecule has 28 heavy (non-hydrogen) atoms. The summed E-state index contributed by atoms with van der Waals surface area (Å²) < 4.78 is 2.08. The second-order valence-corrected chi connectivity index (χ2v) is 9.23. The lowest BCUT2D eigenvalue weighted by Gasteiger charge is -2.42. The van der Waals surface area contributed by atoms with Gasteiger partial charge in [0.25, 0.3) is 0 Å². The van der Waals surface area contributed by atoms with Crippen molar-refractivity contribution in [1.82, 2.24) is 19.4 Å². The molecule has 146 valence electrons. The Hall–Kier alpha value is -1.83. The number of imidazole rings is 1. The minimum Gasteiger partial charge on any atom is -0.342 e. The molecule has 5 rings (SSSR count). The SMILES string of the molecule is N[C@@H]1CCCC12CCN(c1ncc(Sc3cccnc3Cl)c3nccn13)CC2. The molecule has 0 aromatic carbocycles. The topological polar surface area (TPSA) is 72.3 Å². The Morgan fingerprint density at radius 3 is 2.71 bits per heavy atom. The second kappa shape index (κ2) is 7.21. The zero-order valence-electron chi connectivity index (χ0n) is 15.6. The van der Waals surface area contributed by atoms with E-state index in [1.165, 1.54) is 19.3 Å². The Balaban J connectivity index is 1.41. The van der Waals surface area contributed by atoms with Gasteiger partial charge in [0.1, 0.15) is 5.15 Å². The summed E-state index contributed by atoms with van der Waals surface area (Å²) in [5, 5.41) is 0.496. The molecule has 2 aliphatic rings. The van der Waals surface area contributed by atoms with Gasteiger partial charge in [-0.1, -0.05) is 29.8 Å². The van der Waals surface area contributed by atoms with Crippen molar-refractivity contribution in [2.24, 2.45) is 11.1 Å². The maximum absolute atomic E-state index is 6.44. The van der Waals surface area contributed by atoms with E-state index in [9.17, 15) is 0 Å². The van der Waals surface area contributed by atoms with Gasteiger partial charge in [-0.05, 0) is 43.2 Å². The second-order valence-electron chi connectivity index (χ2n) is 7.79. The van der Waals surface area contributed by atoms with Crippen LogP contribution in [0.15, 0.2) is 46.7 Å². The first kappa shape index (κ1) is 18.2. The van der Waals surface area contributed by atoms with E-state index in [1.807, 2.05) is 30.7 Å². The summed E-state index contributed by atoms with van der Waals surface area (Å²) in [6, 6.07) is 4.21. The first-order valence-electron chi connectivity index (χ1n) is 9.77. The average Bonchev–Trinajstić information content (AvgIpc) is 3.33. The summed E-state index contributed by atoms with van der Waals surface area (Å²) in [7, 11) is 0. The number of piperidine rings is 1. The molecule has 1 spiro atoms. The van der Waals surface area contributed by atoms with Gasteiger partial charge in [0, 0.05) is 48.8 Å². The molecular weight excluding hydrogens is 392 g/mol. The molecule has 6 nitrogen and oxygen atoms in total. The lowest BCUT2D eigenvalue weighted by atomic mass is 9.74. The summed E-state index contributed by atoms with van der Waals surface area (Å²) in [5.41, 5.74) is 7.68.